The fraction of sp³-hybridized carbons (Fsp3) is 0.160. The quantitative estimate of drug-likeness (QED) is 0.504. The van der Waals surface area contributed by atoms with Crippen LogP contribution in [0.15, 0.2) is 72.8 Å². The summed E-state index contributed by atoms with van der Waals surface area (Å²) in [5, 5.41) is 2.70. The zero-order valence-electron chi connectivity index (χ0n) is 18.7. The van der Waals surface area contributed by atoms with Crippen molar-refractivity contribution in [1.29, 1.82) is 0 Å². The number of amides is 3. The number of nitrogens with one attached hydrogen (secondary N) is 1. The van der Waals surface area contributed by atoms with E-state index in [-0.39, 0.29) is 23.6 Å². The molecule has 0 aliphatic carbocycles. The highest BCUT2D eigenvalue weighted by Crippen LogP contribution is 2.23. The van der Waals surface area contributed by atoms with Crippen LogP contribution in [0, 0.1) is 5.82 Å². The van der Waals surface area contributed by atoms with Gasteiger partial charge in [-0.15, -0.1) is 0 Å². The Morgan fingerprint density at radius 2 is 1.71 bits per heavy atom. The Morgan fingerprint density at radius 3 is 2.35 bits per heavy atom. The van der Waals surface area contributed by atoms with Gasteiger partial charge in [0.2, 0.25) is 5.91 Å². The molecule has 0 saturated carbocycles. The second-order valence-electron chi connectivity index (χ2n) is 7.37. The van der Waals surface area contributed by atoms with Crippen molar-refractivity contribution in [3.8, 4) is 11.5 Å². The SMILES string of the molecule is COc1cccc(NC(=O)COc2ccc(C(=O)N(C)C(C(N)=O)c3cccc(F)c3)cc2)c1. The summed E-state index contributed by atoms with van der Waals surface area (Å²) >= 11 is 0. The van der Waals surface area contributed by atoms with Crippen LogP contribution in [0.1, 0.15) is 22.0 Å². The van der Waals surface area contributed by atoms with Gasteiger partial charge in [-0.3, -0.25) is 14.4 Å². The summed E-state index contributed by atoms with van der Waals surface area (Å²) in [7, 11) is 2.95. The summed E-state index contributed by atoms with van der Waals surface area (Å²) in [4.78, 5) is 38.2. The predicted molar refractivity (Wildman–Crippen MR) is 124 cm³/mol. The summed E-state index contributed by atoms with van der Waals surface area (Å²) in [5.74, 6) is -1.20. The zero-order chi connectivity index (χ0) is 24.7. The van der Waals surface area contributed by atoms with Gasteiger partial charge in [-0.1, -0.05) is 18.2 Å². The minimum Gasteiger partial charge on any atom is -0.497 e. The number of hydrogen-bond acceptors (Lipinski definition) is 5. The van der Waals surface area contributed by atoms with Gasteiger partial charge in [0.1, 0.15) is 23.4 Å². The fourth-order valence-electron chi connectivity index (χ4n) is 3.32. The average molecular weight is 465 g/mol. The maximum Gasteiger partial charge on any atom is 0.262 e. The topological polar surface area (TPSA) is 111 Å². The molecule has 3 N–H and O–H groups in total. The Labute approximate surface area is 196 Å². The van der Waals surface area contributed by atoms with Gasteiger partial charge >= 0.3 is 0 Å². The van der Waals surface area contributed by atoms with Crippen LogP contribution >= 0.6 is 0 Å². The first-order valence-corrected chi connectivity index (χ1v) is 10.3. The number of nitrogens with zero attached hydrogens (tertiary/aromatic N) is 1. The highest BCUT2D eigenvalue weighted by atomic mass is 19.1. The lowest BCUT2D eigenvalue weighted by Gasteiger charge is -2.26. The molecule has 1 unspecified atom stereocenters. The predicted octanol–water partition coefficient (Wildman–Crippen LogP) is 3.15. The van der Waals surface area contributed by atoms with E-state index in [1.54, 1.807) is 24.3 Å². The number of hydrogen-bond donors (Lipinski definition) is 2. The van der Waals surface area contributed by atoms with Gasteiger partial charge in [-0.2, -0.15) is 0 Å². The molecular formula is C25H24FN3O5. The molecule has 3 aromatic carbocycles. The van der Waals surface area contributed by atoms with E-state index in [4.69, 9.17) is 15.2 Å². The Kier molecular flexibility index (Phi) is 7.81. The van der Waals surface area contributed by atoms with Gasteiger partial charge in [-0.05, 0) is 54.1 Å². The Morgan fingerprint density at radius 1 is 1.00 bits per heavy atom. The molecule has 0 aromatic heterocycles. The Bertz CT molecular complexity index is 1180. The molecule has 1 atom stereocenters. The van der Waals surface area contributed by atoms with Gasteiger partial charge < -0.3 is 25.4 Å². The Balaban J connectivity index is 1.62. The van der Waals surface area contributed by atoms with Crippen LogP contribution in [-0.4, -0.2) is 43.4 Å². The lowest BCUT2D eigenvalue weighted by molar-refractivity contribution is -0.122. The molecular weight excluding hydrogens is 441 g/mol. The molecule has 9 heteroatoms. The number of likely N-dealkylation sites (N-methyl/N-ethyl adjacent to an activating group) is 1. The number of nitrogens with two attached hydrogens (primary N) is 1. The van der Waals surface area contributed by atoms with E-state index in [2.05, 4.69) is 5.32 Å². The highest BCUT2D eigenvalue weighted by Gasteiger charge is 2.27. The summed E-state index contributed by atoms with van der Waals surface area (Å²) in [6, 6.07) is 17.2. The molecule has 0 spiro atoms. The van der Waals surface area contributed by atoms with Gasteiger partial charge in [0.25, 0.3) is 11.8 Å². The molecule has 8 nitrogen and oxygen atoms in total. The molecule has 0 bridgehead atoms. The smallest absolute Gasteiger partial charge is 0.262 e. The molecule has 3 amide bonds. The maximum absolute atomic E-state index is 13.6. The summed E-state index contributed by atoms with van der Waals surface area (Å²) < 4.78 is 24.2. The maximum atomic E-state index is 13.6. The number of benzene rings is 3. The van der Waals surface area contributed by atoms with Crippen molar-refractivity contribution in [2.75, 3.05) is 26.1 Å². The summed E-state index contributed by atoms with van der Waals surface area (Å²) in [6.07, 6.45) is 0. The van der Waals surface area contributed by atoms with Gasteiger partial charge in [-0.25, -0.2) is 4.39 Å². The normalized spacial score (nSPS) is 11.3. The number of primary amides is 1. The van der Waals surface area contributed by atoms with Crippen LogP contribution < -0.4 is 20.5 Å². The standard InChI is InChI=1S/C25H24FN3O5/c1-29(23(24(27)31)17-5-3-6-18(26)13-17)25(32)16-9-11-20(12-10-16)34-15-22(30)28-19-7-4-8-21(14-19)33-2/h3-14,23H,15H2,1-2H3,(H2,27,31)(H,28,30). The molecule has 0 aliphatic heterocycles. The number of anilines is 1. The van der Waals surface area contributed by atoms with E-state index in [0.717, 1.165) is 11.0 Å². The first kappa shape index (κ1) is 24.2. The largest absolute Gasteiger partial charge is 0.497 e. The first-order valence-electron chi connectivity index (χ1n) is 10.3. The second kappa shape index (κ2) is 11.0. The lowest BCUT2D eigenvalue weighted by Crippen LogP contribution is -2.39. The molecule has 0 heterocycles. The van der Waals surface area contributed by atoms with Crippen LogP contribution in [0.5, 0.6) is 11.5 Å². The van der Waals surface area contributed by atoms with Gasteiger partial charge in [0, 0.05) is 24.4 Å². The number of rotatable bonds is 9. The number of methoxy groups -OCH3 is 1. The van der Waals surface area contributed by atoms with Crippen molar-refractivity contribution in [3.63, 3.8) is 0 Å². The highest BCUT2D eigenvalue weighted by molar-refractivity contribution is 5.97. The zero-order valence-corrected chi connectivity index (χ0v) is 18.7. The minimum atomic E-state index is -1.14. The first-order chi connectivity index (χ1) is 16.3. The van der Waals surface area contributed by atoms with Crippen molar-refractivity contribution >= 4 is 23.4 Å². The van der Waals surface area contributed by atoms with Crippen molar-refractivity contribution < 1.29 is 28.2 Å². The van der Waals surface area contributed by atoms with Crippen LogP contribution in [0.25, 0.3) is 0 Å². The van der Waals surface area contributed by atoms with E-state index < -0.39 is 23.7 Å². The van der Waals surface area contributed by atoms with Gasteiger partial charge in [0.05, 0.1) is 7.11 Å². The summed E-state index contributed by atoms with van der Waals surface area (Å²) in [5.41, 5.74) is 6.58. The van der Waals surface area contributed by atoms with Gasteiger partial charge in [0.15, 0.2) is 6.61 Å². The number of ether oxygens (including phenoxy) is 2. The fourth-order valence-corrected chi connectivity index (χ4v) is 3.32. The van der Waals surface area contributed by atoms with E-state index >= 15 is 0 Å². The minimum absolute atomic E-state index is 0.242. The van der Waals surface area contributed by atoms with E-state index in [0.29, 0.717) is 17.2 Å². The second-order valence-corrected chi connectivity index (χ2v) is 7.37. The number of halogens is 1. The Hall–Kier alpha value is -4.40. The van der Waals surface area contributed by atoms with E-state index in [9.17, 15) is 18.8 Å². The van der Waals surface area contributed by atoms with E-state index in [1.807, 2.05) is 0 Å². The average Bonchev–Trinajstić information content (AvgIpc) is 2.82. The molecule has 3 aromatic rings. The van der Waals surface area contributed by atoms with Crippen LogP contribution in [-0.2, 0) is 9.59 Å². The third kappa shape index (κ3) is 6.10. The molecule has 176 valence electrons. The van der Waals surface area contributed by atoms with Crippen molar-refractivity contribution in [2.45, 2.75) is 6.04 Å². The molecule has 3 rings (SSSR count). The molecule has 0 radical (unpaired) electrons. The monoisotopic (exact) mass is 465 g/mol. The van der Waals surface area contributed by atoms with Crippen molar-refractivity contribution in [2.24, 2.45) is 5.73 Å². The van der Waals surface area contributed by atoms with Crippen molar-refractivity contribution in [1.82, 2.24) is 4.90 Å². The summed E-state index contributed by atoms with van der Waals surface area (Å²) in [6.45, 7) is -0.242. The van der Waals surface area contributed by atoms with Crippen LogP contribution in [0.2, 0.25) is 0 Å². The molecule has 0 saturated heterocycles. The van der Waals surface area contributed by atoms with Crippen molar-refractivity contribution in [3.05, 3.63) is 89.7 Å². The molecule has 34 heavy (non-hydrogen) atoms. The molecule has 0 aliphatic rings. The van der Waals surface area contributed by atoms with Crippen LogP contribution in [0.4, 0.5) is 10.1 Å². The number of carbonyl (C=O) groups excluding carboxylic acids is 3. The van der Waals surface area contributed by atoms with E-state index in [1.165, 1.54) is 56.6 Å². The van der Waals surface area contributed by atoms with Crippen LogP contribution in [0.3, 0.4) is 0 Å². The molecule has 0 fully saturated rings. The number of carbonyl (C=O) groups is 3. The third-order valence-corrected chi connectivity index (χ3v) is 4.97. The third-order valence-electron chi connectivity index (χ3n) is 4.97. The lowest BCUT2D eigenvalue weighted by atomic mass is 10.0.